The van der Waals surface area contributed by atoms with Crippen molar-refractivity contribution < 1.29 is 8.42 Å². The van der Waals surface area contributed by atoms with Crippen LogP contribution in [0.3, 0.4) is 0 Å². The van der Waals surface area contributed by atoms with Gasteiger partial charge in [-0.1, -0.05) is 29.8 Å². The third-order valence-corrected chi connectivity index (χ3v) is 7.30. The number of benzene rings is 2. The SMILES string of the molecule is Cc1ccc2c(c1)S(=O)(=O)NC1(CCN(CCc3ccc(Cl)cc3)CC1)N2. The number of nitrogens with zero attached hydrogens (tertiary/aromatic N) is 1. The summed E-state index contributed by atoms with van der Waals surface area (Å²) in [5.74, 6) is 0. The van der Waals surface area contributed by atoms with E-state index in [-0.39, 0.29) is 0 Å². The van der Waals surface area contributed by atoms with Crippen molar-refractivity contribution in [3.05, 3.63) is 58.6 Å². The molecule has 2 aliphatic rings. The molecule has 0 aromatic heterocycles. The van der Waals surface area contributed by atoms with Crippen molar-refractivity contribution in [2.24, 2.45) is 0 Å². The van der Waals surface area contributed by atoms with Gasteiger partial charge in [0.15, 0.2) is 0 Å². The van der Waals surface area contributed by atoms with Gasteiger partial charge in [-0.2, -0.15) is 4.72 Å². The maximum atomic E-state index is 12.7. The first-order chi connectivity index (χ1) is 12.9. The van der Waals surface area contributed by atoms with E-state index in [2.05, 4.69) is 27.1 Å². The van der Waals surface area contributed by atoms with Gasteiger partial charge in [0, 0.05) is 24.7 Å². The minimum absolute atomic E-state index is 0.346. The van der Waals surface area contributed by atoms with Crippen molar-refractivity contribution in [1.29, 1.82) is 0 Å². The second-order valence-electron chi connectivity index (χ2n) is 7.53. The van der Waals surface area contributed by atoms with E-state index in [0.717, 1.165) is 49.5 Å². The first kappa shape index (κ1) is 18.7. The monoisotopic (exact) mass is 405 g/mol. The normalized spacial score (nSPS) is 20.8. The fourth-order valence-electron chi connectivity index (χ4n) is 3.87. The Bertz CT molecular complexity index is 936. The van der Waals surface area contributed by atoms with E-state index in [1.54, 1.807) is 6.07 Å². The number of likely N-dealkylation sites (tertiary alicyclic amines) is 1. The summed E-state index contributed by atoms with van der Waals surface area (Å²) in [5.41, 5.74) is 2.32. The van der Waals surface area contributed by atoms with Crippen LogP contribution < -0.4 is 10.0 Å². The molecule has 2 N–H and O–H groups in total. The zero-order valence-corrected chi connectivity index (χ0v) is 16.9. The molecule has 0 radical (unpaired) electrons. The molecule has 2 aliphatic heterocycles. The van der Waals surface area contributed by atoms with Crippen molar-refractivity contribution in [3.63, 3.8) is 0 Å². The topological polar surface area (TPSA) is 61.4 Å². The maximum absolute atomic E-state index is 12.7. The van der Waals surface area contributed by atoms with Crippen LogP contribution in [0.4, 0.5) is 5.69 Å². The third-order valence-electron chi connectivity index (χ3n) is 5.47. The molecular weight excluding hydrogens is 382 g/mol. The van der Waals surface area contributed by atoms with Crippen molar-refractivity contribution >= 4 is 27.3 Å². The Morgan fingerprint density at radius 3 is 2.52 bits per heavy atom. The molecule has 7 heteroatoms. The highest BCUT2D eigenvalue weighted by Gasteiger charge is 2.42. The van der Waals surface area contributed by atoms with E-state index < -0.39 is 15.7 Å². The Balaban J connectivity index is 1.41. The van der Waals surface area contributed by atoms with Crippen LogP contribution in [-0.2, 0) is 16.4 Å². The van der Waals surface area contributed by atoms with Gasteiger partial charge in [0.25, 0.3) is 0 Å². The van der Waals surface area contributed by atoms with Gasteiger partial charge in [-0.05, 0) is 61.6 Å². The van der Waals surface area contributed by atoms with Gasteiger partial charge in [-0.3, -0.25) is 0 Å². The average Bonchev–Trinajstić information content (AvgIpc) is 2.63. The predicted octanol–water partition coefficient (Wildman–Crippen LogP) is 3.39. The van der Waals surface area contributed by atoms with Gasteiger partial charge in [-0.15, -0.1) is 0 Å². The Labute approximate surface area is 165 Å². The Kier molecular flexibility index (Phi) is 4.93. The number of hydrogen-bond acceptors (Lipinski definition) is 4. The van der Waals surface area contributed by atoms with Gasteiger partial charge in [-0.25, -0.2) is 8.42 Å². The second kappa shape index (κ2) is 7.09. The third kappa shape index (κ3) is 3.99. The number of rotatable bonds is 3. The highest BCUT2D eigenvalue weighted by Crippen LogP contribution is 2.35. The fourth-order valence-corrected chi connectivity index (χ4v) is 5.63. The Morgan fingerprint density at radius 2 is 1.81 bits per heavy atom. The van der Waals surface area contributed by atoms with Crippen LogP contribution in [0.2, 0.25) is 5.02 Å². The Morgan fingerprint density at radius 1 is 1.11 bits per heavy atom. The minimum Gasteiger partial charge on any atom is -0.365 e. The average molecular weight is 406 g/mol. The van der Waals surface area contributed by atoms with Crippen LogP contribution in [0.15, 0.2) is 47.4 Å². The molecule has 0 amide bonds. The molecule has 1 fully saturated rings. The highest BCUT2D eigenvalue weighted by molar-refractivity contribution is 7.89. The van der Waals surface area contributed by atoms with E-state index in [4.69, 9.17) is 11.6 Å². The van der Waals surface area contributed by atoms with E-state index in [9.17, 15) is 8.42 Å². The molecule has 0 aliphatic carbocycles. The molecule has 1 spiro atoms. The summed E-state index contributed by atoms with van der Waals surface area (Å²) in [7, 11) is -3.49. The molecule has 4 rings (SSSR count). The smallest absolute Gasteiger partial charge is 0.244 e. The zero-order valence-electron chi connectivity index (χ0n) is 15.3. The van der Waals surface area contributed by atoms with E-state index in [1.165, 1.54) is 5.56 Å². The first-order valence-electron chi connectivity index (χ1n) is 9.25. The zero-order chi connectivity index (χ0) is 19.1. The molecule has 144 valence electrons. The number of anilines is 1. The molecule has 1 saturated heterocycles. The quantitative estimate of drug-likeness (QED) is 0.821. The summed E-state index contributed by atoms with van der Waals surface area (Å²) in [6.07, 6.45) is 2.44. The van der Waals surface area contributed by atoms with Gasteiger partial charge in [0.1, 0.15) is 10.6 Å². The Hall–Kier alpha value is -1.60. The van der Waals surface area contributed by atoms with E-state index >= 15 is 0 Å². The highest BCUT2D eigenvalue weighted by atomic mass is 35.5. The standard InChI is InChI=1S/C20H24ClN3O2S/c1-15-2-7-18-19(14-15)27(25,26)23-20(22-18)9-12-24(13-10-20)11-8-16-3-5-17(21)6-4-16/h2-7,14,22-23H,8-13H2,1H3. The number of hydrogen-bond donors (Lipinski definition) is 2. The van der Waals surface area contributed by atoms with Crippen LogP contribution in [0.5, 0.6) is 0 Å². The fraction of sp³-hybridized carbons (Fsp3) is 0.400. The molecule has 27 heavy (non-hydrogen) atoms. The van der Waals surface area contributed by atoms with Crippen LogP contribution in [0.25, 0.3) is 0 Å². The molecule has 0 bridgehead atoms. The van der Waals surface area contributed by atoms with Crippen molar-refractivity contribution in [2.75, 3.05) is 25.0 Å². The lowest BCUT2D eigenvalue weighted by Crippen LogP contribution is -2.62. The van der Waals surface area contributed by atoms with Gasteiger partial charge >= 0.3 is 0 Å². The lowest BCUT2D eigenvalue weighted by atomic mass is 9.96. The van der Waals surface area contributed by atoms with Crippen LogP contribution in [0, 0.1) is 6.92 Å². The molecule has 0 atom stereocenters. The summed E-state index contributed by atoms with van der Waals surface area (Å²) in [6.45, 7) is 4.56. The summed E-state index contributed by atoms with van der Waals surface area (Å²) >= 11 is 5.94. The minimum atomic E-state index is -3.49. The largest absolute Gasteiger partial charge is 0.365 e. The molecule has 5 nitrogen and oxygen atoms in total. The van der Waals surface area contributed by atoms with Crippen molar-refractivity contribution in [1.82, 2.24) is 9.62 Å². The van der Waals surface area contributed by atoms with Crippen molar-refractivity contribution in [2.45, 2.75) is 36.7 Å². The summed E-state index contributed by atoms with van der Waals surface area (Å²) in [5, 5.41) is 4.22. The van der Waals surface area contributed by atoms with E-state index in [1.807, 2.05) is 31.2 Å². The van der Waals surface area contributed by atoms with Crippen LogP contribution in [-0.4, -0.2) is 38.6 Å². The second-order valence-corrected chi connectivity index (χ2v) is 9.62. The lowest BCUT2D eigenvalue weighted by molar-refractivity contribution is 0.166. The molecule has 2 aromatic carbocycles. The van der Waals surface area contributed by atoms with Crippen molar-refractivity contribution in [3.8, 4) is 0 Å². The molecule has 0 unspecified atom stereocenters. The first-order valence-corrected chi connectivity index (χ1v) is 11.1. The maximum Gasteiger partial charge on any atom is 0.244 e. The molecule has 2 aromatic rings. The number of aryl methyl sites for hydroxylation is 1. The molecule has 0 saturated carbocycles. The summed E-state index contributed by atoms with van der Waals surface area (Å²) in [6, 6.07) is 13.5. The number of halogens is 1. The summed E-state index contributed by atoms with van der Waals surface area (Å²) < 4.78 is 28.4. The lowest BCUT2D eigenvalue weighted by Gasteiger charge is -2.45. The van der Waals surface area contributed by atoms with Gasteiger partial charge in [0.2, 0.25) is 10.0 Å². The number of fused-ring (bicyclic) bond motifs is 1. The van der Waals surface area contributed by atoms with Crippen LogP contribution in [0.1, 0.15) is 24.0 Å². The molecular formula is C20H24ClN3O2S. The predicted molar refractivity (Wildman–Crippen MR) is 109 cm³/mol. The van der Waals surface area contributed by atoms with Gasteiger partial charge < -0.3 is 10.2 Å². The van der Waals surface area contributed by atoms with E-state index in [0.29, 0.717) is 10.6 Å². The van der Waals surface area contributed by atoms with Crippen LogP contribution >= 0.6 is 11.6 Å². The number of sulfonamides is 1. The number of nitrogens with one attached hydrogen (secondary N) is 2. The molecule has 2 heterocycles. The van der Waals surface area contributed by atoms with Gasteiger partial charge in [0.05, 0.1) is 5.69 Å². The number of piperidine rings is 1. The summed E-state index contributed by atoms with van der Waals surface area (Å²) in [4.78, 5) is 2.74.